The molecule has 1 N–H and O–H groups in total. The fourth-order valence-corrected chi connectivity index (χ4v) is 3.77. The lowest BCUT2D eigenvalue weighted by Crippen LogP contribution is -2.20. The van der Waals surface area contributed by atoms with Crippen LogP contribution in [0.2, 0.25) is 0 Å². The summed E-state index contributed by atoms with van der Waals surface area (Å²) in [6.45, 7) is 1.87. The van der Waals surface area contributed by atoms with Crippen molar-refractivity contribution in [3.8, 4) is 5.75 Å². The molecule has 0 fully saturated rings. The zero-order valence-electron chi connectivity index (χ0n) is 13.9. The predicted octanol–water partition coefficient (Wildman–Crippen LogP) is 4.30. The van der Waals surface area contributed by atoms with Gasteiger partial charge in [-0.3, -0.25) is 10.1 Å². The molecule has 3 rings (SSSR count). The van der Waals surface area contributed by atoms with Crippen molar-refractivity contribution in [1.29, 1.82) is 0 Å². The number of nitrogens with one attached hydrogen (secondary N) is 1. The number of carbonyl (C=O) groups excluding carboxylic acids is 1. The largest absolute Gasteiger partial charge is 0.484 e. The molecule has 1 amide bonds. The highest BCUT2D eigenvalue weighted by atomic mass is 32.2. The third-order valence-electron chi connectivity index (χ3n) is 3.35. The Balaban J connectivity index is 1.47. The Morgan fingerprint density at radius 2 is 1.96 bits per heavy atom. The number of thioether (sulfide) groups is 1. The van der Waals surface area contributed by atoms with Crippen LogP contribution in [0, 0.1) is 12.7 Å². The fourth-order valence-electron chi connectivity index (χ4n) is 2.01. The van der Waals surface area contributed by atoms with Crippen LogP contribution in [0.4, 0.5) is 9.52 Å². The van der Waals surface area contributed by atoms with Crippen molar-refractivity contribution in [2.75, 3.05) is 11.9 Å². The van der Waals surface area contributed by atoms with E-state index < -0.39 is 0 Å². The van der Waals surface area contributed by atoms with Crippen LogP contribution in [0.25, 0.3) is 0 Å². The Morgan fingerprint density at radius 1 is 1.19 bits per heavy atom. The molecule has 1 heterocycles. The van der Waals surface area contributed by atoms with Gasteiger partial charge >= 0.3 is 0 Å². The number of halogens is 1. The van der Waals surface area contributed by atoms with Gasteiger partial charge in [0.15, 0.2) is 10.9 Å². The van der Waals surface area contributed by atoms with E-state index in [0.29, 0.717) is 26.5 Å². The van der Waals surface area contributed by atoms with Crippen molar-refractivity contribution in [1.82, 2.24) is 10.2 Å². The van der Waals surface area contributed by atoms with Crippen molar-refractivity contribution in [3.05, 3.63) is 65.5 Å². The molecule has 26 heavy (non-hydrogen) atoms. The molecule has 0 spiro atoms. The zero-order valence-corrected chi connectivity index (χ0v) is 15.6. The van der Waals surface area contributed by atoms with E-state index in [9.17, 15) is 9.18 Å². The van der Waals surface area contributed by atoms with Gasteiger partial charge in [-0.1, -0.05) is 59.0 Å². The first-order chi connectivity index (χ1) is 12.6. The van der Waals surface area contributed by atoms with Gasteiger partial charge in [-0.2, -0.15) is 0 Å². The van der Waals surface area contributed by atoms with Crippen molar-refractivity contribution in [2.24, 2.45) is 0 Å². The molecule has 0 saturated heterocycles. The van der Waals surface area contributed by atoms with Gasteiger partial charge < -0.3 is 4.74 Å². The molecule has 0 radical (unpaired) electrons. The number of anilines is 1. The van der Waals surface area contributed by atoms with Crippen LogP contribution in [0.3, 0.4) is 0 Å². The molecule has 8 heteroatoms. The van der Waals surface area contributed by atoms with Crippen LogP contribution in [0.15, 0.2) is 52.9 Å². The lowest BCUT2D eigenvalue weighted by Gasteiger charge is -2.05. The van der Waals surface area contributed by atoms with Crippen LogP contribution < -0.4 is 10.1 Å². The molecular formula is C18H16FN3O2S2. The van der Waals surface area contributed by atoms with Gasteiger partial charge in [0.25, 0.3) is 5.91 Å². The summed E-state index contributed by atoms with van der Waals surface area (Å²) in [6, 6.07) is 14.0. The van der Waals surface area contributed by atoms with E-state index in [1.54, 1.807) is 18.2 Å². The Bertz CT molecular complexity index is 884. The summed E-state index contributed by atoms with van der Waals surface area (Å²) in [5.74, 6) is 0.522. The normalized spacial score (nSPS) is 10.5. The highest BCUT2D eigenvalue weighted by Crippen LogP contribution is 2.28. The van der Waals surface area contributed by atoms with Crippen LogP contribution in [0.5, 0.6) is 5.75 Å². The molecule has 0 bridgehead atoms. The molecule has 5 nitrogen and oxygen atoms in total. The third-order valence-corrected chi connectivity index (χ3v) is 5.37. The van der Waals surface area contributed by atoms with Crippen molar-refractivity contribution < 1.29 is 13.9 Å². The molecule has 0 aliphatic rings. The summed E-state index contributed by atoms with van der Waals surface area (Å²) in [5.41, 5.74) is 1.72. The van der Waals surface area contributed by atoms with Crippen LogP contribution in [-0.2, 0) is 10.5 Å². The maximum atomic E-state index is 13.6. The Kier molecular flexibility index (Phi) is 6.19. The topological polar surface area (TPSA) is 64.1 Å². The molecule has 3 aromatic rings. The van der Waals surface area contributed by atoms with E-state index >= 15 is 0 Å². The smallest absolute Gasteiger partial charge is 0.264 e. The number of aromatic nitrogens is 2. The molecule has 134 valence electrons. The summed E-state index contributed by atoms with van der Waals surface area (Å²) in [4.78, 5) is 11.9. The summed E-state index contributed by atoms with van der Waals surface area (Å²) in [5, 5.41) is 11.0. The molecule has 0 unspecified atom stereocenters. The van der Waals surface area contributed by atoms with E-state index in [4.69, 9.17) is 4.74 Å². The minimum absolute atomic E-state index is 0.111. The number of benzene rings is 2. The standard InChI is InChI=1S/C18H16FN3O2S2/c1-12-6-8-14(9-7-12)24-10-16(23)20-17-21-22-18(26-17)25-11-13-4-2-3-5-15(13)19/h2-9H,10-11H2,1H3,(H,20,21,23). The highest BCUT2D eigenvalue weighted by molar-refractivity contribution is 8.00. The summed E-state index contributed by atoms with van der Waals surface area (Å²) in [6.07, 6.45) is 0. The molecule has 0 atom stereocenters. The van der Waals surface area contributed by atoms with E-state index in [1.807, 2.05) is 31.2 Å². The monoisotopic (exact) mass is 389 g/mol. The summed E-state index contributed by atoms with van der Waals surface area (Å²) in [7, 11) is 0. The van der Waals surface area contributed by atoms with Gasteiger partial charge in [-0.15, -0.1) is 10.2 Å². The minimum atomic E-state index is -0.313. The number of ether oxygens (including phenoxy) is 1. The zero-order chi connectivity index (χ0) is 18.4. The molecular weight excluding hydrogens is 373 g/mol. The Morgan fingerprint density at radius 3 is 2.73 bits per heavy atom. The molecule has 0 aliphatic carbocycles. The minimum Gasteiger partial charge on any atom is -0.484 e. The molecule has 0 saturated carbocycles. The average Bonchev–Trinajstić information content (AvgIpc) is 3.08. The van der Waals surface area contributed by atoms with Gasteiger partial charge in [0.05, 0.1) is 0 Å². The van der Waals surface area contributed by atoms with E-state index in [0.717, 1.165) is 5.56 Å². The van der Waals surface area contributed by atoms with E-state index in [2.05, 4.69) is 15.5 Å². The quantitative estimate of drug-likeness (QED) is 0.482. The van der Waals surface area contributed by atoms with Crippen molar-refractivity contribution in [3.63, 3.8) is 0 Å². The van der Waals surface area contributed by atoms with Crippen molar-refractivity contribution >= 4 is 34.1 Å². The lowest BCUT2D eigenvalue weighted by molar-refractivity contribution is -0.118. The molecule has 0 aliphatic heterocycles. The summed E-state index contributed by atoms with van der Waals surface area (Å²) >= 11 is 2.61. The first-order valence-corrected chi connectivity index (χ1v) is 9.59. The molecule has 1 aromatic heterocycles. The number of aryl methyl sites for hydroxylation is 1. The number of hydrogen-bond acceptors (Lipinski definition) is 6. The second-order valence-corrected chi connectivity index (χ2v) is 7.60. The Labute approximate surface area is 158 Å². The first kappa shape index (κ1) is 18.3. The second kappa shape index (κ2) is 8.77. The average molecular weight is 389 g/mol. The Hall–Kier alpha value is -2.45. The van der Waals surface area contributed by atoms with E-state index in [-0.39, 0.29) is 18.3 Å². The van der Waals surface area contributed by atoms with Gasteiger partial charge in [-0.05, 0) is 30.7 Å². The number of nitrogens with zero attached hydrogens (tertiary/aromatic N) is 2. The number of hydrogen-bond donors (Lipinski definition) is 1. The number of carbonyl (C=O) groups is 1. The third kappa shape index (κ3) is 5.27. The fraction of sp³-hybridized carbons (Fsp3) is 0.167. The van der Waals surface area contributed by atoms with Crippen LogP contribution >= 0.6 is 23.1 Å². The van der Waals surface area contributed by atoms with Gasteiger partial charge in [0, 0.05) is 5.75 Å². The second-order valence-electron chi connectivity index (χ2n) is 5.40. The SMILES string of the molecule is Cc1ccc(OCC(=O)Nc2nnc(SCc3ccccc3F)s2)cc1. The summed E-state index contributed by atoms with van der Waals surface area (Å²) < 4.78 is 19.7. The van der Waals surface area contributed by atoms with Crippen LogP contribution in [0.1, 0.15) is 11.1 Å². The van der Waals surface area contributed by atoms with Gasteiger partial charge in [0.1, 0.15) is 11.6 Å². The first-order valence-electron chi connectivity index (χ1n) is 7.79. The number of rotatable bonds is 7. The maximum absolute atomic E-state index is 13.6. The van der Waals surface area contributed by atoms with Crippen molar-refractivity contribution in [2.45, 2.75) is 17.0 Å². The van der Waals surface area contributed by atoms with Crippen LogP contribution in [-0.4, -0.2) is 22.7 Å². The molecule has 2 aromatic carbocycles. The lowest BCUT2D eigenvalue weighted by atomic mass is 10.2. The number of amides is 1. The van der Waals surface area contributed by atoms with Gasteiger partial charge in [-0.25, -0.2) is 4.39 Å². The predicted molar refractivity (Wildman–Crippen MR) is 101 cm³/mol. The van der Waals surface area contributed by atoms with Gasteiger partial charge in [0.2, 0.25) is 5.13 Å². The highest BCUT2D eigenvalue weighted by Gasteiger charge is 2.10. The maximum Gasteiger partial charge on any atom is 0.264 e. The van der Waals surface area contributed by atoms with E-state index in [1.165, 1.54) is 29.2 Å².